The number of nitrogens with one attached hydrogen (secondary N) is 1. The van der Waals surface area contributed by atoms with Crippen LogP contribution in [0.15, 0.2) is 0 Å². The first-order valence-electron chi connectivity index (χ1n) is 6.55. The SMILES string of the molecule is CN1CCSCC1C(CC1CCCC1)NN. The van der Waals surface area contributed by atoms with Crippen molar-refractivity contribution in [2.45, 2.75) is 44.2 Å². The Kier molecular flexibility index (Phi) is 4.95. The van der Waals surface area contributed by atoms with Gasteiger partial charge < -0.3 is 4.90 Å². The average molecular weight is 243 g/mol. The minimum atomic E-state index is 0.487. The molecule has 94 valence electrons. The van der Waals surface area contributed by atoms with Crippen LogP contribution in [0.5, 0.6) is 0 Å². The summed E-state index contributed by atoms with van der Waals surface area (Å²) in [7, 11) is 2.24. The van der Waals surface area contributed by atoms with Crippen LogP contribution in [0.3, 0.4) is 0 Å². The number of hydrogen-bond donors (Lipinski definition) is 2. The quantitative estimate of drug-likeness (QED) is 0.579. The number of rotatable bonds is 4. The Morgan fingerprint density at radius 1 is 1.44 bits per heavy atom. The number of hydrazine groups is 1. The van der Waals surface area contributed by atoms with E-state index in [0.717, 1.165) is 5.92 Å². The summed E-state index contributed by atoms with van der Waals surface area (Å²) in [4.78, 5) is 2.48. The van der Waals surface area contributed by atoms with Gasteiger partial charge in [-0.05, 0) is 19.4 Å². The molecule has 1 aliphatic heterocycles. The lowest BCUT2D eigenvalue weighted by molar-refractivity contribution is 0.194. The fourth-order valence-corrected chi connectivity index (χ4v) is 4.38. The van der Waals surface area contributed by atoms with E-state index in [4.69, 9.17) is 5.84 Å². The van der Waals surface area contributed by atoms with Gasteiger partial charge in [0.15, 0.2) is 0 Å². The molecule has 2 fully saturated rings. The van der Waals surface area contributed by atoms with Crippen LogP contribution >= 0.6 is 11.8 Å². The van der Waals surface area contributed by atoms with Gasteiger partial charge in [-0.3, -0.25) is 11.3 Å². The lowest BCUT2D eigenvalue weighted by Crippen LogP contribution is -2.55. The van der Waals surface area contributed by atoms with Gasteiger partial charge in [0.2, 0.25) is 0 Å². The van der Waals surface area contributed by atoms with E-state index < -0.39 is 0 Å². The molecule has 2 unspecified atom stereocenters. The maximum Gasteiger partial charge on any atom is 0.0376 e. The zero-order chi connectivity index (χ0) is 11.4. The van der Waals surface area contributed by atoms with Crippen LogP contribution in [0.25, 0.3) is 0 Å². The highest BCUT2D eigenvalue weighted by molar-refractivity contribution is 7.99. The summed E-state index contributed by atoms with van der Waals surface area (Å²) in [5, 5.41) is 0. The lowest BCUT2D eigenvalue weighted by atomic mass is 9.94. The van der Waals surface area contributed by atoms with E-state index in [1.54, 1.807) is 0 Å². The molecule has 0 radical (unpaired) electrons. The summed E-state index contributed by atoms with van der Waals surface area (Å²) in [6.45, 7) is 1.21. The summed E-state index contributed by atoms with van der Waals surface area (Å²) < 4.78 is 0. The van der Waals surface area contributed by atoms with Gasteiger partial charge in [-0.1, -0.05) is 25.7 Å². The van der Waals surface area contributed by atoms with Crippen molar-refractivity contribution in [3.8, 4) is 0 Å². The summed E-state index contributed by atoms with van der Waals surface area (Å²) in [5.74, 6) is 9.18. The van der Waals surface area contributed by atoms with Gasteiger partial charge in [-0.15, -0.1) is 0 Å². The van der Waals surface area contributed by atoms with Gasteiger partial charge >= 0.3 is 0 Å². The second kappa shape index (κ2) is 6.24. The van der Waals surface area contributed by atoms with E-state index in [9.17, 15) is 0 Å². The standard InChI is InChI=1S/C12H25N3S/c1-15-6-7-16-9-12(15)11(14-13)8-10-4-2-3-5-10/h10-12,14H,2-9,13H2,1H3. The van der Waals surface area contributed by atoms with E-state index in [0.29, 0.717) is 12.1 Å². The maximum absolute atomic E-state index is 5.76. The Morgan fingerprint density at radius 3 is 2.81 bits per heavy atom. The topological polar surface area (TPSA) is 41.3 Å². The zero-order valence-corrected chi connectivity index (χ0v) is 11.1. The second-order valence-corrected chi connectivity index (χ2v) is 6.43. The van der Waals surface area contributed by atoms with E-state index in [-0.39, 0.29) is 0 Å². The summed E-state index contributed by atoms with van der Waals surface area (Å²) in [6, 6.07) is 1.12. The van der Waals surface area contributed by atoms with Crippen molar-refractivity contribution in [1.82, 2.24) is 10.3 Å². The second-order valence-electron chi connectivity index (χ2n) is 5.28. The van der Waals surface area contributed by atoms with E-state index in [1.165, 1.54) is 50.2 Å². The van der Waals surface area contributed by atoms with Crippen molar-refractivity contribution in [3.05, 3.63) is 0 Å². The van der Waals surface area contributed by atoms with Crippen LogP contribution < -0.4 is 11.3 Å². The van der Waals surface area contributed by atoms with Crippen LogP contribution in [0, 0.1) is 5.92 Å². The first-order valence-corrected chi connectivity index (χ1v) is 7.71. The smallest absolute Gasteiger partial charge is 0.0376 e. The molecule has 2 atom stereocenters. The Bertz CT molecular complexity index is 206. The normalized spacial score (nSPS) is 30.8. The molecule has 1 saturated carbocycles. The van der Waals surface area contributed by atoms with Gasteiger partial charge in [0.25, 0.3) is 0 Å². The Balaban J connectivity index is 1.86. The largest absolute Gasteiger partial charge is 0.300 e. The van der Waals surface area contributed by atoms with E-state index in [1.807, 2.05) is 0 Å². The third-order valence-corrected chi connectivity index (χ3v) is 5.23. The molecule has 0 aromatic heterocycles. The monoisotopic (exact) mass is 243 g/mol. The molecule has 3 N–H and O–H groups in total. The number of likely N-dealkylation sites (N-methyl/N-ethyl adjacent to an activating group) is 1. The number of thioether (sulfide) groups is 1. The lowest BCUT2D eigenvalue weighted by Gasteiger charge is -2.38. The van der Waals surface area contributed by atoms with Gasteiger partial charge in [0.05, 0.1) is 0 Å². The molecule has 0 aromatic carbocycles. The van der Waals surface area contributed by atoms with Crippen molar-refractivity contribution >= 4 is 11.8 Å². The summed E-state index contributed by atoms with van der Waals surface area (Å²) >= 11 is 2.07. The summed E-state index contributed by atoms with van der Waals surface area (Å²) in [6.07, 6.45) is 6.96. The number of nitrogens with two attached hydrogens (primary N) is 1. The van der Waals surface area contributed by atoms with Crippen molar-refractivity contribution in [2.24, 2.45) is 11.8 Å². The van der Waals surface area contributed by atoms with E-state index >= 15 is 0 Å². The minimum Gasteiger partial charge on any atom is -0.300 e. The third-order valence-electron chi connectivity index (χ3n) is 4.18. The third kappa shape index (κ3) is 3.13. The van der Waals surface area contributed by atoms with Gasteiger partial charge in [0.1, 0.15) is 0 Å². The first-order chi connectivity index (χ1) is 7.81. The van der Waals surface area contributed by atoms with Crippen molar-refractivity contribution in [1.29, 1.82) is 0 Å². The van der Waals surface area contributed by atoms with Gasteiger partial charge in [-0.2, -0.15) is 11.8 Å². The Morgan fingerprint density at radius 2 is 2.19 bits per heavy atom. The van der Waals surface area contributed by atoms with Crippen LogP contribution in [0.1, 0.15) is 32.1 Å². The summed E-state index contributed by atoms with van der Waals surface area (Å²) in [5.41, 5.74) is 3.07. The molecule has 0 bridgehead atoms. The fourth-order valence-electron chi connectivity index (χ4n) is 3.07. The minimum absolute atomic E-state index is 0.487. The molecule has 1 saturated heterocycles. The predicted octanol–water partition coefficient (Wildman–Crippen LogP) is 1.45. The molecule has 1 heterocycles. The van der Waals surface area contributed by atoms with Crippen molar-refractivity contribution in [3.63, 3.8) is 0 Å². The fraction of sp³-hybridized carbons (Fsp3) is 1.00. The molecule has 0 spiro atoms. The van der Waals surface area contributed by atoms with E-state index in [2.05, 4.69) is 29.1 Å². The molecule has 3 nitrogen and oxygen atoms in total. The molecule has 4 heteroatoms. The molecular weight excluding hydrogens is 218 g/mol. The highest BCUT2D eigenvalue weighted by Gasteiger charge is 2.30. The highest BCUT2D eigenvalue weighted by Crippen LogP contribution is 2.30. The maximum atomic E-state index is 5.76. The number of hydrogen-bond acceptors (Lipinski definition) is 4. The van der Waals surface area contributed by atoms with Crippen molar-refractivity contribution in [2.75, 3.05) is 25.1 Å². The van der Waals surface area contributed by atoms with Gasteiger partial charge in [-0.25, -0.2) is 0 Å². The van der Waals surface area contributed by atoms with Crippen molar-refractivity contribution < 1.29 is 0 Å². The predicted molar refractivity (Wildman–Crippen MR) is 71.4 cm³/mol. The average Bonchev–Trinajstić information content (AvgIpc) is 2.80. The highest BCUT2D eigenvalue weighted by atomic mass is 32.2. The Hall–Kier alpha value is 0.230. The number of nitrogens with zero attached hydrogens (tertiary/aromatic N) is 1. The molecule has 16 heavy (non-hydrogen) atoms. The molecular formula is C12H25N3S. The Labute approximate surface area is 103 Å². The first kappa shape index (κ1) is 12.7. The zero-order valence-electron chi connectivity index (χ0n) is 10.3. The van der Waals surface area contributed by atoms with Crippen LogP contribution in [0.4, 0.5) is 0 Å². The van der Waals surface area contributed by atoms with Crippen LogP contribution in [0.2, 0.25) is 0 Å². The molecule has 0 aromatic rings. The van der Waals surface area contributed by atoms with Crippen LogP contribution in [-0.4, -0.2) is 42.1 Å². The molecule has 2 aliphatic rings. The molecule has 0 amide bonds. The molecule has 2 rings (SSSR count). The molecule has 1 aliphatic carbocycles. The van der Waals surface area contributed by atoms with Gasteiger partial charge in [0, 0.05) is 30.1 Å². The van der Waals surface area contributed by atoms with Crippen LogP contribution in [-0.2, 0) is 0 Å².